The normalized spacial score (nSPS) is 17.3. The molecule has 1 aliphatic rings. The summed E-state index contributed by atoms with van der Waals surface area (Å²) >= 11 is 0. The summed E-state index contributed by atoms with van der Waals surface area (Å²) in [6, 6.07) is 17.9. The summed E-state index contributed by atoms with van der Waals surface area (Å²) in [4.78, 5) is 32.8. The number of hydrogen-bond acceptors (Lipinski definition) is 5. The first-order valence-corrected chi connectivity index (χ1v) is 13.0. The van der Waals surface area contributed by atoms with Crippen molar-refractivity contribution in [3.63, 3.8) is 0 Å². The highest BCUT2D eigenvalue weighted by molar-refractivity contribution is 6.46. The highest BCUT2D eigenvalue weighted by atomic mass is 16.5. The van der Waals surface area contributed by atoms with Crippen molar-refractivity contribution in [3.8, 4) is 5.75 Å². The first kappa shape index (κ1) is 27.1. The summed E-state index contributed by atoms with van der Waals surface area (Å²) in [6.07, 6.45) is 1.66. The number of aliphatic hydroxyl groups is 1. The molecular weight excluding hydrogens is 476 g/mol. The van der Waals surface area contributed by atoms with Gasteiger partial charge in [0.15, 0.2) is 0 Å². The van der Waals surface area contributed by atoms with Crippen molar-refractivity contribution >= 4 is 17.4 Å². The third kappa shape index (κ3) is 5.64. The van der Waals surface area contributed by atoms with E-state index in [2.05, 4.69) is 39.6 Å². The molecule has 1 aliphatic heterocycles. The van der Waals surface area contributed by atoms with E-state index in [9.17, 15) is 14.7 Å². The zero-order chi connectivity index (χ0) is 27.6. The van der Waals surface area contributed by atoms with Crippen molar-refractivity contribution in [2.45, 2.75) is 59.5 Å². The predicted molar refractivity (Wildman–Crippen MR) is 149 cm³/mol. The zero-order valence-electron chi connectivity index (χ0n) is 23.0. The second kappa shape index (κ2) is 10.8. The Morgan fingerprint density at radius 1 is 1.05 bits per heavy atom. The largest absolute Gasteiger partial charge is 0.507 e. The van der Waals surface area contributed by atoms with E-state index in [0.29, 0.717) is 35.1 Å². The number of Topliss-reactive ketones (excluding diaryl/α,β-unsaturated/α-hetero) is 1. The SMILES string of the molecule is Cc1ccc(C(C)(C)C)cc1/C(O)=C1\C(=O)C(=O)N(Cc2ccccn2)C1c1cccc(OCC(C)C)c1. The van der Waals surface area contributed by atoms with Crippen molar-refractivity contribution in [2.24, 2.45) is 5.92 Å². The Kier molecular flexibility index (Phi) is 7.72. The molecule has 2 aromatic carbocycles. The number of rotatable bonds is 7. The molecule has 3 aromatic rings. The summed E-state index contributed by atoms with van der Waals surface area (Å²) in [5.41, 5.74) is 3.64. The van der Waals surface area contributed by atoms with Crippen LogP contribution in [0.3, 0.4) is 0 Å². The second-order valence-electron chi connectivity index (χ2n) is 11.3. The van der Waals surface area contributed by atoms with E-state index in [1.54, 1.807) is 12.3 Å². The molecule has 38 heavy (non-hydrogen) atoms. The van der Waals surface area contributed by atoms with Gasteiger partial charge in [0, 0.05) is 11.8 Å². The Labute approximate surface area is 225 Å². The molecule has 0 bridgehead atoms. The lowest BCUT2D eigenvalue weighted by Crippen LogP contribution is -2.29. The molecule has 6 nitrogen and oxygen atoms in total. The van der Waals surface area contributed by atoms with Crippen LogP contribution in [0.15, 0.2) is 72.4 Å². The molecule has 1 fully saturated rings. The smallest absolute Gasteiger partial charge is 0.296 e. The summed E-state index contributed by atoms with van der Waals surface area (Å²) in [5, 5.41) is 11.7. The van der Waals surface area contributed by atoms with Crippen molar-refractivity contribution < 1.29 is 19.4 Å². The van der Waals surface area contributed by atoms with Gasteiger partial charge in [0.05, 0.1) is 30.5 Å². The van der Waals surface area contributed by atoms with Gasteiger partial charge in [-0.15, -0.1) is 0 Å². The number of carbonyl (C=O) groups is 2. The van der Waals surface area contributed by atoms with Crippen LogP contribution in [0.4, 0.5) is 0 Å². The Balaban J connectivity index is 1.88. The fourth-order valence-corrected chi connectivity index (χ4v) is 4.58. The molecule has 1 saturated heterocycles. The maximum absolute atomic E-state index is 13.5. The van der Waals surface area contributed by atoms with Crippen molar-refractivity contribution in [2.75, 3.05) is 6.61 Å². The topological polar surface area (TPSA) is 79.7 Å². The van der Waals surface area contributed by atoms with Gasteiger partial charge in [-0.05, 0) is 65.3 Å². The molecule has 1 N–H and O–H groups in total. The number of nitrogens with zero attached hydrogens (tertiary/aromatic N) is 2. The lowest BCUT2D eigenvalue weighted by Gasteiger charge is -2.26. The first-order valence-electron chi connectivity index (χ1n) is 13.0. The van der Waals surface area contributed by atoms with Crippen LogP contribution in [0.25, 0.3) is 5.76 Å². The predicted octanol–water partition coefficient (Wildman–Crippen LogP) is 6.34. The van der Waals surface area contributed by atoms with Crippen LogP contribution in [0.1, 0.15) is 68.6 Å². The van der Waals surface area contributed by atoms with Gasteiger partial charge in [0.25, 0.3) is 11.7 Å². The van der Waals surface area contributed by atoms with Gasteiger partial charge in [-0.25, -0.2) is 0 Å². The molecule has 1 atom stereocenters. The number of carbonyl (C=O) groups excluding carboxylic acids is 2. The lowest BCUT2D eigenvalue weighted by molar-refractivity contribution is -0.140. The first-order chi connectivity index (χ1) is 18.0. The number of hydrogen-bond donors (Lipinski definition) is 1. The van der Waals surface area contributed by atoms with Gasteiger partial charge in [0.2, 0.25) is 0 Å². The fraction of sp³-hybridized carbons (Fsp3) is 0.344. The minimum atomic E-state index is -0.794. The average Bonchev–Trinajstić information content (AvgIpc) is 3.12. The monoisotopic (exact) mass is 512 g/mol. The molecule has 2 heterocycles. The molecule has 1 unspecified atom stereocenters. The molecule has 4 rings (SSSR count). The van der Waals surface area contributed by atoms with E-state index in [-0.39, 0.29) is 23.3 Å². The number of ether oxygens (including phenoxy) is 1. The molecule has 198 valence electrons. The van der Waals surface area contributed by atoms with Gasteiger partial charge in [0.1, 0.15) is 11.5 Å². The number of likely N-dealkylation sites (tertiary alicyclic amines) is 1. The maximum atomic E-state index is 13.5. The Bertz CT molecular complexity index is 1370. The Hall–Kier alpha value is -3.93. The zero-order valence-corrected chi connectivity index (χ0v) is 23.0. The number of pyridine rings is 1. The van der Waals surface area contributed by atoms with E-state index in [4.69, 9.17) is 4.74 Å². The minimum Gasteiger partial charge on any atom is -0.507 e. The molecule has 0 saturated carbocycles. The molecule has 6 heteroatoms. The van der Waals surface area contributed by atoms with Crippen LogP contribution in [-0.2, 0) is 21.5 Å². The number of aromatic nitrogens is 1. The lowest BCUT2D eigenvalue weighted by atomic mass is 9.84. The summed E-state index contributed by atoms with van der Waals surface area (Å²) < 4.78 is 5.95. The van der Waals surface area contributed by atoms with Crippen LogP contribution in [0.2, 0.25) is 0 Å². The highest BCUT2D eigenvalue weighted by Crippen LogP contribution is 2.42. The van der Waals surface area contributed by atoms with Crippen molar-refractivity contribution in [1.29, 1.82) is 0 Å². The van der Waals surface area contributed by atoms with Crippen LogP contribution in [0, 0.1) is 12.8 Å². The molecule has 0 spiro atoms. The van der Waals surface area contributed by atoms with E-state index in [0.717, 1.165) is 11.1 Å². The standard InChI is InChI=1S/C32H36N2O4/c1-20(2)19-38-25-12-9-10-22(16-25)28-27(29(35)26-17-23(32(4,5)6)14-13-21(26)3)30(36)31(37)34(28)18-24-11-7-8-15-33-24/h7-17,20,28,35H,18-19H2,1-6H3/b29-27+. The van der Waals surface area contributed by atoms with E-state index in [1.807, 2.05) is 61.5 Å². The average molecular weight is 513 g/mol. The van der Waals surface area contributed by atoms with Gasteiger partial charge >= 0.3 is 0 Å². The van der Waals surface area contributed by atoms with E-state index in [1.165, 1.54) is 4.90 Å². The quantitative estimate of drug-likeness (QED) is 0.227. The van der Waals surface area contributed by atoms with Crippen LogP contribution in [-0.4, -0.2) is 33.3 Å². The molecule has 1 aromatic heterocycles. The number of aryl methyl sites for hydroxylation is 1. The van der Waals surface area contributed by atoms with E-state index >= 15 is 0 Å². The van der Waals surface area contributed by atoms with Crippen LogP contribution >= 0.6 is 0 Å². The van der Waals surface area contributed by atoms with Gasteiger partial charge in [-0.2, -0.15) is 0 Å². The number of amides is 1. The van der Waals surface area contributed by atoms with Gasteiger partial charge in [-0.1, -0.05) is 65.0 Å². The number of benzene rings is 2. The Morgan fingerprint density at radius 2 is 1.82 bits per heavy atom. The summed E-state index contributed by atoms with van der Waals surface area (Å²) in [6.45, 7) is 13.0. The molecule has 0 aliphatic carbocycles. The second-order valence-corrected chi connectivity index (χ2v) is 11.3. The summed E-state index contributed by atoms with van der Waals surface area (Å²) in [7, 11) is 0. The van der Waals surface area contributed by atoms with Gasteiger partial charge in [-0.3, -0.25) is 14.6 Å². The molecule has 1 amide bonds. The minimum absolute atomic E-state index is 0.0705. The molecular formula is C32H36N2O4. The maximum Gasteiger partial charge on any atom is 0.296 e. The van der Waals surface area contributed by atoms with Crippen LogP contribution in [0.5, 0.6) is 5.75 Å². The Morgan fingerprint density at radius 3 is 2.47 bits per heavy atom. The van der Waals surface area contributed by atoms with E-state index < -0.39 is 17.7 Å². The van der Waals surface area contributed by atoms with Gasteiger partial charge < -0.3 is 14.7 Å². The number of ketones is 1. The summed E-state index contributed by atoms with van der Waals surface area (Å²) in [5.74, 6) is -0.566. The van der Waals surface area contributed by atoms with Crippen molar-refractivity contribution in [1.82, 2.24) is 9.88 Å². The van der Waals surface area contributed by atoms with Crippen LogP contribution < -0.4 is 4.74 Å². The van der Waals surface area contributed by atoms with Crippen molar-refractivity contribution in [3.05, 3.63) is 100 Å². The fourth-order valence-electron chi connectivity index (χ4n) is 4.58. The third-order valence-corrected chi connectivity index (χ3v) is 6.71. The highest BCUT2D eigenvalue weighted by Gasteiger charge is 2.46. The third-order valence-electron chi connectivity index (χ3n) is 6.71. The molecule has 0 radical (unpaired) electrons. The number of aliphatic hydroxyl groups excluding tert-OH is 1.